The topological polar surface area (TPSA) is 32.3 Å². The minimum Gasteiger partial charge on any atom is -0.352 e. The van der Waals surface area contributed by atoms with Crippen molar-refractivity contribution >= 4 is 29.1 Å². The van der Waals surface area contributed by atoms with Gasteiger partial charge in [-0.05, 0) is 44.5 Å². The first-order valence-electron chi connectivity index (χ1n) is 7.92. The number of likely N-dealkylation sites (N-methyl/N-ethyl adjacent to an activating group) is 1. The van der Waals surface area contributed by atoms with Crippen LogP contribution in [-0.2, 0) is 11.3 Å². The van der Waals surface area contributed by atoms with Crippen molar-refractivity contribution in [1.29, 1.82) is 0 Å². The molecule has 0 unspecified atom stereocenters. The van der Waals surface area contributed by atoms with Gasteiger partial charge in [-0.25, -0.2) is 0 Å². The third kappa shape index (κ3) is 4.87. The molecule has 0 heterocycles. The largest absolute Gasteiger partial charge is 0.352 e. The molecule has 1 aromatic carbocycles. The number of hydrogen-bond donors (Lipinski definition) is 1. The molecule has 0 saturated heterocycles. The van der Waals surface area contributed by atoms with E-state index in [4.69, 9.17) is 23.2 Å². The summed E-state index contributed by atoms with van der Waals surface area (Å²) in [5.74, 6) is 0.106. The summed E-state index contributed by atoms with van der Waals surface area (Å²) in [5.41, 5.74) is 1.05. The first-order chi connectivity index (χ1) is 10.5. The van der Waals surface area contributed by atoms with E-state index < -0.39 is 0 Å². The molecule has 122 valence electrons. The van der Waals surface area contributed by atoms with Crippen LogP contribution in [0.2, 0.25) is 10.0 Å². The monoisotopic (exact) mass is 342 g/mol. The molecule has 3 nitrogen and oxygen atoms in total. The number of benzene rings is 1. The van der Waals surface area contributed by atoms with Gasteiger partial charge in [0.25, 0.3) is 0 Å². The Bertz CT molecular complexity index is 515. The lowest BCUT2D eigenvalue weighted by Gasteiger charge is -2.28. The van der Waals surface area contributed by atoms with Crippen LogP contribution in [0.15, 0.2) is 18.2 Å². The van der Waals surface area contributed by atoms with Gasteiger partial charge in [0.1, 0.15) is 0 Å². The summed E-state index contributed by atoms with van der Waals surface area (Å²) in [6, 6.07) is 5.76. The van der Waals surface area contributed by atoms with Crippen molar-refractivity contribution in [2.24, 2.45) is 0 Å². The van der Waals surface area contributed by atoms with Crippen LogP contribution in [0, 0.1) is 0 Å². The average Bonchev–Trinajstić information content (AvgIpc) is 2.51. The maximum atomic E-state index is 12.4. The van der Waals surface area contributed by atoms with Crippen molar-refractivity contribution < 1.29 is 4.79 Å². The number of halogens is 2. The summed E-state index contributed by atoms with van der Waals surface area (Å²) in [7, 11) is 1.95. The van der Waals surface area contributed by atoms with E-state index in [2.05, 4.69) is 5.32 Å². The molecule has 5 heteroatoms. The Kier molecular flexibility index (Phi) is 6.54. The second-order valence-electron chi connectivity index (χ2n) is 6.18. The Labute approximate surface area is 143 Å². The van der Waals surface area contributed by atoms with Crippen LogP contribution in [0.25, 0.3) is 0 Å². The number of hydrogen-bond acceptors (Lipinski definition) is 2. The molecule has 0 aromatic heterocycles. The molecule has 1 aliphatic carbocycles. The summed E-state index contributed by atoms with van der Waals surface area (Å²) in [6.45, 7) is 2.60. The molecule has 1 amide bonds. The zero-order chi connectivity index (χ0) is 16.1. The number of nitrogens with zero attached hydrogens (tertiary/aromatic N) is 1. The summed E-state index contributed by atoms with van der Waals surface area (Å²) in [6.07, 6.45) is 5.94. The van der Waals surface area contributed by atoms with Crippen LogP contribution < -0.4 is 5.32 Å². The lowest BCUT2D eigenvalue weighted by Crippen LogP contribution is -2.47. The van der Waals surface area contributed by atoms with Crippen molar-refractivity contribution in [2.75, 3.05) is 7.05 Å². The van der Waals surface area contributed by atoms with E-state index in [1.54, 1.807) is 6.07 Å². The molecule has 22 heavy (non-hydrogen) atoms. The summed E-state index contributed by atoms with van der Waals surface area (Å²) < 4.78 is 0. The number of nitrogens with one attached hydrogen (secondary N) is 1. The zero-order valence-corrected chi connectivity index (χ0v) is 14.8. The average molecular weight is 343 g/mol. The predicted octanol–water partition coefficient (Wildman–Crippen LogP) is 4.26. The number of rotatable bonds is 5. The van der Waals surface area contributed by atoms with Crippen LogP contribution in [0.4, 0.5) is 0 Å². The van der Waals surface area contributed by atoms with Crippen LogP contribution in [0.1, 0.15) is 44.6 Å². The molecule has 0 radical (unpaired) electrons. The van der Waals surface area contributed by atoms with Gasteiger partial charge in [0.15, 0.2) is 0 Å². The molecular weight excluding hydrogens is 319 g/mol. The summed E-state index contributed by atoms with van der Waals surface area (Å²) in [5, 5.41) is 4.28. The van der Waals surface area contributed by atoms with Crippen LogP contribution in [0.3, 0.4) is 0 Å². The SMILES string of the molecule is C[C@H](C(=O)NC1CCCCC1)N(C)Cc1ccc(Cl)c(Cl)c1. The minimum atomic E-state index is -0.170. The van der Waals surface area contributed by atoms with Crippen molar-refractivity contribution in [2.45, 2.75) is 57.7 Å². The third-order valence-electron chi connectivity index (χ3n) is 4.41. The van der Waals surface area contributed by atoms with Gasteiger partial charge in [0, 0.05) is 12.6 Å². The summed E-state index contributed by atoms with van der Waals surface area (Å²) in [4.78, 5) is 14.4. The fourth-order valence-electron chi connectivity index (χ4n) is 2.83. The molecule has 0 bridgehead atoms. The van der Waals surface area contributed by atoms with Crippen molar-refractivity contribution in [3.63, 3.8) is 0 Å². The van der Waals surface area contributed by atoms with Gasteiger partial charge in [0.2, 0.25) is 5.91 Å². The van der Waals surface area contributed by atoms with Gasteiger partial charge in [-0.3, -0.25) is 9.69 Å². The lowest BCUT2D eigenvalue weighted by molar-refractivity contribution is -0.126. The van der Waals surface area contributed by atoms with Crippen LogP contribution in [-0.4, -0.2) is 29.9 Å². The van der Waals surface area contributed by atoms with E-state index in [0.29, 0.717) is 22.6 Å². The third-order valence-corrected chi connectivity index (χ3v) is 5.15. The van der Waals surface area contributed by atoms with E-state index >= 15 is 0 Å². The highest BCUT2D eigenvalue weighted by atomic mass is 35.5. The normalized spacial score (nSPS) is 17.5. The zero-order valence-electron chi connectivity index (χ0n) is 13.2. The highest BCUT2D eigenvalue weighted by Crippen LogP contribution is 2.23. The molecule has 0 aliphatic heterocycles. The number of carbonyl (C=O) groups excluding carboxylic acids is 1. The van der Waals surface area contributed by atoms with Gasteiger partial charge in [-0.1, -0.05) is 48.5 Å². The maximum Gasteiger partial charge on any atom is 0.237 e. The van der Waals surface area contributed by atoms with Crippen molar-refractivity contribution in [3.05, 3.63) is 33.8 Å². The molecule has 1 saturated carbocycles. The number of carbonyl (C=O) groups is 1. The molecule has 1 aliphatic rings. The summed E-state index contributed by atoms with van der Waals surface area (Å²) >= 11 is 12.0. The van der Waals surface area contributed by atoms with E-state index in [9.17, 15) is 4.79 Å². The minimum absolute atomic E-state index is 0.106. The highest BCUT2D eigenvalue weighted by molar-refractivity contribution is 6.42. The number of amides is 1. The Hall–Kier alpha value is -0.770. The lowest BCUT2D eigenvalue weighted by atomic mass is 9.95. The fourth-order valence-corrected chi connectivity index (χ4v) is 3.15. The van der Waals surface area contributed by atoms with Crippen molar-refractivity contribution in [1.82, 2.24) is 10.2 Å². The van der Waals surface area contributed by atoms with Gasteiger partial charge in [-0.2, -0.15) is 0 Å². The Balaban J connectivity index is 1.88. The van der Waals surface area contributed by atoms with E-state index in [1.165, 1.54) is 19.3 Å². The fraction of sp³-hybridized carbons (Fsp3) is 0.588. The molecule has 1 N–H and O–H groups in total. The smallest absolute Gasteiger partial charge is 0.237 e. The van der Waals surface area contributed by atoms with Crippen LogP contribution >= 0.6 is 23.2 Å². The van der Waals surface area contributed by atoms with Crippen molar-refractivity contribution in [3.8, 4) is 0 Å². The molecule has 0 spiro atoms. The van der Waals surface area contributed by atoms with Gasteiger partial charge in [0.05, 0.1) is 16.1 Å². The van der Waals surface area contributed by atoms with E-state index in [0.717, 1.165) is 18.4 Å². The van der Waals surface area contributed by atoms with E-state index in [-0.39, 0.29) is 11.9 Å². The van der Waals surface area contributed by atoms with Gasteiger partial charge < -0.3 is 5.32 Å². The maximum absolute atomic E-state index is 12.4. The molecule has 1 fully saturated rings. The quantitative estimate of drug-likeness (QED) is 0.866. The van der Waals surface area contributed by atoms with Crippen LogP contribution in [0.5, 0.6) is 0 Å². The molecule has 2 rings (SSSR count). The molecule has 1 atom stereocenters. The van der Waals surface area contributed by atoms with E-state index in [1.807, 2.05) is 31.0 Å². The molecule has 1 aromatic rings. The molecular formula is C17H24Cl2N2O. The first kappa shape index (κ1) is 17.6. The Morgan fingerprint density at radius 2 is 1.95 bits per heavy atom. The highest BCUT2D eigenvalue weighted by Gasteiger charge is 2.22. The Morgan fingerprint density at radius 1 is 1.27 bits per heavy atom. The predicted molar refractivity (Wildman–Crippen MR) is 92.4 cm³/mol. The second-order valence-corrected chi connectivity index (χ2v) is 7.00. The second kappa shape index (κ2) is 8.19. The van der Waals surface area contributed by atoms with Gasteiger partial charge in [-0.15, -0.1) is 0 Å². The van der Waals surface area contributed by atoms with Gasteiger partial charge >= 0.3 is 0 Å². The first-order valence-corrected chi connectivity index (χ1v) is 8.67. The Morgan fingerprint density at radius 3 is 2.59 bits per heavy atom. The standard InChI is InChI=1S/C17H24Cl2N2O/c1-12(17(22)20-14-6-4-3-5-7-14)21(2)11-13-8-9-15(18)16(19)10-13/h8-10,12,14H,3-7,11H2,1-2H3,(H,20,22)/t12-/m1/s1.